The summed E-state index contributed by atoms with van der Waals surface area (Å²) in [5.74, 6) is 0.451. The molecule has 0 atom stereocenters. The second kappa shape index (κ2) is 6.48. The molecule has 4 aromatic rings. The first-order valence-electron chi connectivity index (χ1n) is 8.46. The highest BCUT2D eigenvalue weighted by molar-refractivity contribution is 6.14. The predicted molar refractivity (Wildman–Crippen MR) is 101 cm³/mol. The zero-order chi connectivity index (χ0) is 18.1. The van der Waals surface area contributed by atoms with Gasteiger partial charge in [0.1, 0.15) is 5.76 Å². The lowest BCUT2D eigenvalue weighted by atomic mass is 9.98. The van der Waals surface area contributed by atoms with Crippen molar-refractivity contribution >= 4 is 5.78 Å². The summed E-state index contributed by atoms with van der Waals surface area (Å²) >= 11 is 0. The smallest absolute Gasteiger partial charge is 0.200 e. The Labute approximate surface area is 151 Å². The van der Waals surface area contributed by atoms with E-state index in [0.717, 1.165) is 22.5 Å². The fraction of sp³-hybridized carbons (Fsp3) is 0.0909. The van der Waals surface area contributed by atoms with E-state index in [0.29, 0.717) is 22.6 Å². The van der Waals surface area contributed by atoms with Gasteiger partial charge in [0.05, 0.1) is 17.0 Å². The van der Waals surface area contributed by atoms with E-state index in [4.69, 9.17) is 4.52 Å². The number of rotatable bonds is 4. The van der Waals surface area contributed by atoms with E-state index in [9.17, 15) is 4.79 Å². The van der Waals surface area contributed by atoms with Gasteiger partial charge >= 0.3 is 0 Å². The lowest BCUT2D eigenvalue weighted by Gasteiger charge is -2.03. The molecule has 0 saturated heterocycles. The van der Waals surface area contributed by atoms with E-state index in [-0.39, 0.29) is 5.78 Å². The number of benzene rings is 2. The number of aromatic nitrogens is 2. The van der Waals surface area contributed by atoms with Crippen molar-refractivity contribution in [1.29, 1.82) is 0 Å². The van der Waals surface area contributed by atoms with Crippen molar-refractivity contribution in [2.24, 2.45) is 0 Å². The standard InChI is InChI=1S/C22H18N2O2/c1-14-20(15(2)26-24-14)22(25)18-13-19(16-9-5-3-6-10-16)23-21(18)17-11-7-4-8-12-17/h3-13,23H,1-2H3. The highest BCUT2D eigenvalue weighted by Gasteiger charge is 2.24. The van der Waals surface area contributed by atoms with Gasteiger partial charge in [0.25, 0.3) is 0 Å². The zero-order valence-corrected chi connectivity index (χ0v) is 14.6. The van der Waals surface area contributed by atoms with Crippen LogP contribution < -0.4 is 0 Å². The third-order valence-corrected chi connectivity index (χ3v) is 4.47. The molecule has 26 heavy (non-hydrogen) atoms. The van der Waals surface area contributed by atoms with Crippen molar-refractivity contribution in [3.05, 3.63) is 89.3 Å². The minimum atomic E-state index is -0.0847. The Bertz CT molecular complexity index is 1040. The third-order valence-electron chi connectivity index (χ3n) is 4.47. The average molecular weight is 342 g/mol. The summed E-state index contributed by atoms with van der Waals surface area (Å²) in [5.41, 5.74) is 5.44. The molecular formula is C22H18N2O2. The van der Waals surface area contributed by atoms with Crippen LogP contribution in [0.4, 0.5) is 0 Å². The van der Waals surface area contributed by atoms with E-state index in [1.54, 1.807) is 13.8 Å². The Kier molecular flexibility index (Phi) is 4.01. The van der Waals surface area contributed by atoms with Crippen LogP contribution in [0.2, 0.25) is 0 Å². The van der Waals surface area contributed by atoms with Gasteiger partial charge in [0, 0.05) is 11.3 Å². The molecule has 0 aliphatic rings. The minimum Gasteiger partial charge on any atom is -0.361 e. The van der Waals surface area contributed by atoms with E-state index >= 15 is 0 Å². The summed E-state index contributed by atoms with van der Waals surface area (Å²) < 4.78 is 5.19. The Balaban J connectivity index is 1.90. The average Bonchev–Trinajstić information content (AvgIpc) is 3.27. The molecule has 128 valence electrons. The molecule has 2 aromatic heterocycles. The fourth-order valence-corrected chi connectivity index (χ4v) is 3.18. The highest BCUT2D eigenvalue weighted by atomic mass is 16.5. The number of ketones is 1. The normalized spacial score (nSPS) is 10.8. The first kappa shape index (κ1) is 16.1. The van der Waals surface area contributed by atoms with Crippen molar-refractivity contribution in [2.45, 2.75) is 13.8 Å². The van der Waals surface area contributed by atoms with Crippen LogP contribution in [0, 0.1) is 13.8 Å². The topological polar surface area (TPSA) is 58.9 Å². The van der Waals surface area contributed by atoms with Crippen molar-refractivity contribution in [1.82, 2.24) is 10.1 Å². The van der Waals surface area contributed by atoms with Gasteiger partial charge in [0.2, 0.25) is 5.78 Å². The largest absolute Gasteiger partial charge is 0.361 e. The van der Waals surface area contributed by atoms with Crippen LogP contribution in [0.3, 0.4) is 0 Å². The molecule has 4 nitrogen and oxygen atoms in total. The summed E-state index contributed by atoms with van der Waals surface area (Å²) in [6, 6.07) is 21.7. The zero-order valence-electron chi connectivity index (χ0n) is 14.6. The number of nitrogens with one attached hydrogen (secondary N) is 1. The van der Waals surface area contributed by atoms with E-state index < -0.39 is 0 Å². The lowest BCUT2D eigenvalue weighted by Crippen LogP contribution is -2.04. The number of aromatic amines is 1. The summed E-state index contributed by atoms with van der Waals surface area (Å²) in [7, 11) is 0. The molecule has 4 heteroatoms. The van der Waals surface area contributed by atoms with Gasteiger partial charge in [-0.1, -0.05) is 65.8 Å². The van der Waals surface area contributed by atoms with Crippen LogP contribution in [0.1, 0.15) is 27.4 Å². The monoisotopic (exact) mass is 342 g/mol. The molecule has 0 aliphatic heterocycles. The van der Waals surface area contributed by atoms with Crippen molar-refractivity contribution in [2.75, 3.05) is 0 Å². The van der Waals surface area contributed by atoms with E-state index in [1.165, 1.54) is 0 Å². The van der Waals surface area contributed by atoms with Crippen LogP contribution in [0.5, 0.6) is 0 Å². The van der Waals surface area contributed by atoms with Crippen LogP contribution >= 0.6 is 0 Å². The first-order chi connectivity index (χ1) is 12.6. The Hall–Kier alpha value is -3.40. The van der Waals surface area contributed by atoms with Crippen molar-refractivity contribution in [3.63, 3.8) is 0 Å². The Morgan fingerprint density at radius 3 is 2.12 bits per heavy atom. The van der Waals surface area contributed by atoms with Crippen LogP contribution in [-0.2, 0) is 0 Å². The molecule has 1 N–H and O–H groups in total. The van der Waals surface area contributed by atoms with Crippen LogP contribution in [0.25, 0.3) is 22.5 Å². The molecule has 0 fully saturated rings. The Morgan fingerprint density at radius 2 is 1.54 bits per heavy atom. The predicted octanol–water partition coefficient (Wildman–Crippen LogP) is 5.18. The number of carbonyl (C=O) groups excluding carboxylic acids is 1. The Morgan fingerprint density at radius 1 is 0.923 bits per heavy atom. The molecule has 0 radical (unpaired) electrons. The second-order valence-corrected chi connectivity index (χ2v) is 6.23. The second-order valence-electron chi connectivity index (χ2n) is 6.23. The minimum absolute atomic E-state index is 0.0847. The van der Waals surface area contributed by atoms with Crippen LogP contribution in [-0.4, -0.2) is 15.9 Å². The molecule has 0 bridgehead atoms. The SMILES string of the molecule is Cc1noc(C)c1C(=O)c1cc(-c2ccccc2)[nH]c1-c1ccccc1. The van der Waals surface area contributed by atoms with E-state index in [1.807, 2.05) is 66.7 Å². The van der Waals surface area contributed by atoms with Crippen LogP contribution in [0.15, 0.2) is 71.3 Å². The number of aryl methyl sites for hydroxylation is 2. The van der Waals surface area contributed by atoms with Crippen molar-refractivity contribution in [3.8, 4) is 22.5 Å². The molecule has 2 heterocycles. The summed E-state index contributed by atoms with van der Waals surface area (Å²) in [5, 5.41) is 3.92. The van der Waals surface area contributed by atoms with Gasteiger partial charge < -0.3 is 9.51 Å². The van der Waals surface area contributed by atoms with Gasteiger partial charge in [-0.15, -0.1) is 0 Å². The number of carbonyl (C=O) groups is 1. The summed E-state index contributed by atoms with van der Waals surface area (Å²) in [6.07, 6.45) is 0. The number of nitrogens with zero attached hydrogens (tertiary/aromatic N) is 1. The molecule has 0 saturated carbocycles. The van der Waals surface area contributed by atoms with Gasteiger partial charge in [-0.2, -0.15) is 0 Å². The maximum atomic E-state index is 13.3. The molecule has 4 rings (SSSR count). The molecular weight excluding hydrogens is 324 g/mol. The van der Waals surface area contributed by atoms with E-state index in [2.05, 4.69) is 10.1 Å². The van der Waals surface area contributed by atoms with Gasteiger partial charge in [-0.3, -0.25) is 4.79 Å². The molecule has 2 aromatic carbocycles. The number of hydrogen-bond acceptors (Lipinski definition) is 3. The molecule has 0 amide bonds. The quantitative estimate of drug-likeness (QED) is 0.520. The van der Waals surface area contributed by atoms with Gasteiger partial charge in [-0.25, -0.2) is 0 Å². The highest BCUT2D eigenvalue weighted by Crippen LogP contribution is 2.31. The fourth-order valence-electron chi connectivity index (χ4n) is 3.18. The van der Waals surface area contributed by atoms with Crippen molar-refractivity contribution < 1.29 is 9.32 Å². The summed E-state index contributed by atoms with van der Waals surface area (Å²) in [4.78, 5) is 16.7. The number of H-pyrrole nitrogens is 1. The maximum Gasteiger partial charge on any atom is 0.200 e. The molecule has 0 unspecified atom stereocenters. The van der Waals surface area contributed by atoms with Gasteiger partial charge in [0.15, 0.2) is 0 Å². The third kappa shape index (κ3) is 2.75. The molecule has 0 spiro atoms. The molecule has 0 aliphatic carbocycles. The number of hydrogen-bond donors (Lipinski definition) is 1. The first-order valence-corrected chi connectivity index (χ1v) is 8.46. The lowest BCUT2D eigenvalue weighted by molar-refractivity contribution is 0.103. The summed E-state index contributed by atoms with van der Waals surface area (Å²) in [6.45, 7) is 3.55. The maximum absolute atomic E-state index is 13.3. The van der Waals surface area contributed by atoms with Gasteiger partial charge in [-0.05, 0) is 31.0 Å².